The fraction of sp³-hybridized carbons (Fsp3) is 0.500. The Labute approximate surface area is 234 Å². The van der Waals surface area contributed by atoms with E-state index in [9.17, 15) is 9.13 Å². The van der Waals surface area contributed by atoms with E-state index in [4.69, 9.17) is 39.0 Å². The summed E-state index contributed by atoms with van der Waals surface area (Å²) in [5, 5.41) is 0. The van der Waals surface area contributed by atoms with Crippen molar-refractivity contribution in [3.05, 3.63) is 25.3 Å². The third-order valence-electron chi connectivity index (χ3n) is 7.05. The molecule has 0 aliphatic carbocycles. The van der Waals surface area contributed by atoms with Crippen molar-refractivity contribution in [3.63, 3.8) is 0 Å². The van der Waals surface area contributed by atoms with Crippen molar-refractivity contribution < 1.29 is 45.5 Å². The molecule has 3 aliphatic rings. The number of hydrogen-bond acceptors (Lipinski definition) is 16. The van der Waals surface area contributed by atoms with E-state index in [2.05, 4.69) is 29.9 Å². The van der Waals surface area contributed by atoms with E-state index in [1.54, 1.807) is 0 Å². The van der Waals surface area contributed by atoms with E-state index in [1.807, 2.05) is 0 Å². The number of imidazole rings is 2. The van der Waals surface area contributed by atoms with Crippen LogP contribution in [0.15, 0.2) is 25.3 Å². The van der Waals surface area contributed by atoms with Crippen LogP contribution in [0.2, 0.25) is 0 Å². The van der Waals surface area contributed by atoms with Gasteiger partial charge in [-0.15, -0.1) is 0 Å². The quantitative estimate of drug-likeness (QED) is 0.293. The third kappa shape index (κ3) is 4.64. The lowest BCUT2D eigenvalue weighted by Gasteiger charge is -2.21. The minimum atomic E-state index is -3.46. The molecule has 0 spiro atoms. The molecule has 0 saturated carbocycles. The Morgan fingerprint density at radius 2 is 1.14 bits per heavy atom. The average Bonchev–Trinajstić information content (AvgIpc) is 3.73. The molecule has 4 aromatic heterocycles. The zero-order valence-electron chi connectivity index (χ0n) is 21.1. The van der Waals surface area contributed by atoms with E-state index < -0.39 is 78.9 Å². The van der Waals surface area contributed by atoms with Gasteiger partial charge >= 0.3 is 16.5 Å². The number of nitrogens with zero attached hydrogens (tertiary/aromatic N) is 8. The lowest BCUT2D eigenvalue weighted by Crippen LogP contribution is -2.33. The highest BCUT2D eigenvalue weighted by atomic mass is 31.1. The maximum absolute atomic E-state index is 15.6. The first-order chi connectivity index (χ1) is 20.3. The van der Waals surface area contributed by atoms with Crippen molar-refractivity contribution in [2.24, 2.45) is 0 Å². The standard InChI is InChI=1S/C20H22F2N10O8P2/c21-9-7-1-35-41(33)39-14-10(22)8(38-20(14)32-6-30-12-16(24)26-4-28-18(12)32)2-36-42(34)40-13(9)19(37-7)31-5-29-11-15(23)25-3-27-17(11)31/h3-10,13-14,19-20,41-42H,1-2H2,(H2,23,25,27)(H2,24,26,28)/t7-,8-,9-,10-,13-,14-,19-,20-/m1/s1. The molecule has 3 fully saturated rings. The van der Waals surface area contributed by atoms with Gasteiger partial charge < -0.3 is 30.0 Å². The zero-order valence-corrected chi connectivity index (χ0v) is 23.1. The lowest BCUT2D eigenvalue weighted by molar-refractivity contribution is -0.0566. The van der Waals surface area contributed by atoms with Gasteiger partial charge in [0.15, 0.2) is 47.7 Å². The second-order valence-electron chi connectivity index (χ2n) is 9.47. The van der Waals surface area contributed by atoms with Gasteiger partial charge in [-0.25, -0.2) is 38.7 Å². The molecule has 3 saturated heterocycles. The Balaban J connectivity index is 1.17. The maximum atomic E-state index is 15.6. The average molecular weight is 630 g/mol. The third-order valence-corrected chi connectivity index (χ3v) is 8.78. The van der Waals surface area contributed by atoms with Gasteiger partial charge in [0.25, 0.3) is 0 Å². The van der Waals surface area contributed by atoms with Gasteiger partial charge in [0.05, 0.1) is 25.9 Å². The Hall–Kier alpha value is -3.22. The predicted molar refractivity (Wildman–Crippen MR) is 137 cm³/mol. The van der Waals surface area contributed by atoms with Gasteiger partial charge in [-0.1, -0.05) is 0 Å². The first-order valence-corrected chi connectivity index (χ1v) is 14.9. The summed E-state index contributed by atoms with van der Waals surface area (Å²) >= 11 is 0. The first-order valence-electron chi connectivity index (χ1n) is 12.4. The monoisotopic (exact) mass is 630 g/mol. The summed E-state index contributed by atoms with van der Waals surface area (Å²) < 4.78 is 92.9. The van der Waals surface area contributed by atoms with Crippen LogP contribution in [0.5, 0.6) is 0 Å². The maximum Gasteiger partial charge on any atom is 0.319 e. The Kier molecular flexibility index (Phi) is 7.10. The number of rotatable bonds is 2. The van der Waals surface area contributed by atoms with Crippen molar-refractivity contribution in [2.75, 3.05) is 24.7 Å². The highest BCUT2D eigenvalue weighted by Gasteiger charge is 2.51. The number of alkyl halides is 2. The topological polar surface area (TPSA) is 229 Å². The van der Waals surface area contributed by atoms with Crippen molar-refractivity contribution in [3.8, 4) is 0 Å². The number of ether oxygens (including phenoxy) is 2. The van der Waals surface area contributed by atoms with Gasteiger partial charge in [-0.3, -0.25) is 27.3 Å². The number of nitrogens with two attached hydrogens (primary N) is 2. The van der Waals surface area contributed by atoms with Crippen LogP contribution in [0.1, 0.15) is 12.5 Å². The van der Waals surface area contributed by atoms with Crippen LogP contribution >= 0.6 is 16.5 Å². The largest absolute Gasteiger partial charge is 0.382 e. The molecule has 4 aromatic rings. The number of hydrogen-bond donors (Lipinski definition) is 2. The summed E-state index contributed by atoms with van der Waals surface area (Å²) in [6.07, 6.45) is -7.21. The molecule has 18 nitrogen and oxygen atoms in total. The molecule has 4 bridgehead atoms. The van der Waals surface area contributed by atoms with Gasteiger partial charge in [-0.2, -0.15) is 0 Å². The molecule has 0 radical (unpaired) electrons. The van der Waals surface area contributed by atoms with E-state index in [0.29, 0.717) is 0 Å². The number of fused-ring (bicyclic) bond motifs is 6. The highest BCUT2D eigenvalue weighted by molar-refractivity contribution is 7.33. The summed E-state index contributed by atoms with van der Waals surface area (Å²) in [5.41, 5.74) is 12.5. The van der Waals surface area contributed by atoms with Crippen molar-refractivity contribution in [1.82, 2.24) is 39.0 Å². The van der Waals surface area contributed by atoms with Crippen LogP contribution in [-0.2, 0) is 36.7 Å². The number of aromatic nitrogens is 8. The molecule has 42 heavy (non-hydrogen) atoms. The summed E-state index contributed by atoms with van der Waals surface area (Å²) in [4.78, 5) is 24.2. The molecule has 7 rings (SSSR count). The second-order valence-corrected chi connectivity index (χ2v) is 11.5. The van der Waals surface area contributed by atoms with Crippen LogP contribution < -0.4 is 11.5 Å². The lowest BCUT2D eigenvalue weighted by atomic mass is 10.1. The molecular formula is C20H22F2N10O8P2. The normalized spacial score (nSPS) is 36.0. The Bertz CT molecular complexity index is 1580. The fourth-order valence-corrected chi connectivity index (χ4v) is 6.73. The summed E-state index contributed by atoms with van der Waals surface area (Å²) in [7, 11) is -6.92. The van der Waals surface area contributed by atoms with E-state index in [0.717, 1.165) is 0 Å². The van der Waals surface area contributed by atoms with Gasteiger partial charge in [0.2, 0.25) is 0 Å². The van der Waals surface area contributed by atoms with Crippen LogP contribution in [0.25, 0.3) is 22.3 Å². The van der Waals surface area contributed by atoms with Crippen molar-refractivity contribution in [1.29, 1.82) is 0 Å². The first kappa shape index (κ1) is 27.6. The Morgan fingerprint density at radius 3 is 1.57 bits per heavy atom. The molecule has 0 amide bonds. The van der Waals surface area contributed by atoms with Crippen LogP contribution in [0.4, 0.5) is 20.4 Å². The molecule has 4 N–H and O–H groups in total. The SMILES string of the molecule is Nc1ncnc2c1ncn2[C@@H]1O[C@@H]2CO[PH](=O)O[C@@H]3[C@H](F)[C@@H](CO[PH](=O)O[C@@H]1[C@@H]2F)O[C@H]3n1cnc2c(N)ncnc21. The van der Waals surface area contributed by atoms with Crippen LogP contribution in [-0.4, -0.2) is 89.0 Å². The van der Waals surface area contributed by atoms with Crippen LogP contribution in [0.3, 0.4) is 0 Å². The smallest absolute Gasteiger partial charge is 0.319 e. The molecule has 3 aliphatic heterocycles. The van der Waals surface area contributed by atoms with Gasteiger partial charge in [0.1, 0.15) is 48.1 Å². The van der Waals surface area contributed by atoms with Gasteiger partial charge in [-0.05, 0) is 0 Å². The Morgan fingerprint density at radius 1 is 0.714 bits per heavy atom. The molecule has 0 aromatic carbocycles. The van der Waals surface area contributed by atoms with Gasteiger partial charge in [0, 0.05) is 0 Å². The fourth-order valence-electron chi connectivity index (χ4n) is 5.06. The summed E-state index contributed by atoms with van der Waals surface area (Å²) in [6.45, 7) is -1.17. The minimum absolute atomic E-state index is 0.0747. The van der Waals surface area contributed by atoms with E-state index >= 15 is 8.78 Å². The zero-order chi connectivity index (χ0) is 29.1. The molecule has 22 heteroatoms. The molecule has 224 valence electrons. The summed E-state index contributed by atoms with van der Waals surface area (Å²) in [6, 6.07) is 0. The highest BCUT2D eigenvalue weighted by Crippen LogP contribution is 2.46. The number of nitrogen functional groups attached to an aromatic ring is 2. The second kappa shape index (κ2) is 10.8. The predicted octanol–water partition coefficient (Wildman–Crippen LogP) is 0.898. The van der Waals surface area contributed by atoms with Crippen LogP contribution in [0, 0.1) is 0 Å². The van der Waals surface area contributed by atoms with Crippen molar-refractivity contribution in [2.45, 2.75) is 49.2 Å². The minimum Gasteiger partial charge on any atom is -0.382 e. The summed E-state index contributed by atoms with van der Waals surface area (Å²) in [5.74, 6) is 0.149. The molecule has 10 atom stereocenters. The number of halogens is 2. The molecule has 7 heterocycles. The number of anilines is 2. The molecule has 2 unspecified atom stereocenters. The van der Waals surface area contributed by atoms with Crippen molar-refractivity contribution >= 4 is 50.5 Å². The molecular weight excluding hydrogens is 608 g/mol. The van der Waals surface area contributed by atoms with E-state index in [1.165, 1.54) is 34.4 Å². The van der Waals surface area contributed by atoms with E-state index in [-0.39, 0.29) is 34.0 Å².